The predicted octanol–water partition coefficient (Wildman–Crippen LogP) is 2.15. The van der Waals surface area contributed by atoms with Crippen LogP contribution in [-0.4, -0.2) is 42.7 Å². The Balaban J connectivity index is 1.84. The van der Waals surface area contributed by atoms with E-state index in [2.05, 4.69) is 9.97 Å². The average molecular weight is 313 g/mol. The zero-order valence-electron chi connectivity index (χ0n) is 13.2. The van der Waals surface area contributed by atoms with Gasteiger partial charge in [0.05, 0.1) is 20.3 Å². The van der Waals surface area contributed by atoms with Gasteiger partial charge in [-0.25, -0.2) is 14.8 Å². The molecule has 0 N–H and O–H groups in total. The molecule has 2 aromatic rings. The Morgan fingerprint density at radius 3 is 2.83 bits per heavy atom. The highest BCUT2D eigenvalue weighted by Crippen LogP contribution is 2.24. The summed E-state index contributed by atoms with van der Waals surface area (Å²) in [6.07, 6.45) is -0.0318. The molecule has 6 nitrogen and oxygen atoms in total. The van der Waals surface area contributed by atoms with Gasteiger partial charge in [0, 0.05) is 12.2 Å². The van der Waals surface area contributed by atoms with Crippen molar-refractivity contribution >= 4 is 11.9 Å². The number of aromatic nitrogens is 2. The second kappa shape index (κ2) is 6.75. The quantitative estimate of drug-likeness (QED) is 0.809. The van der Waals surface area contributed by atoms with Gasteiger partial charge in [0.2, 0.25) is 5.95 Å². The number of methoxy groups -OCH3 is 1. The number of benzene rings is 1. The molecule has 3 rings (SSSR count). The fraction of sp³-hybridized carbons (Fsp3) is 0.353. The summed E-state index contributed by atoms with van der Waals surface area (Å²) in [5.74, 6) is 0.0826. The van der Waals surface area contributed by atoms with Gasteiger partial charge < -0.3 is 14.4 Å². The standard InChI is InChI=1S/C17H19N3O3/c1-12-10-14(16(21)22-2)19-17(18-12)20-8-9-23-15(11-20)13-6-4-3-5-7-13/h3-7,10,15H,8-9,11H2,1-2H3. The molecular weight excluding hydrogens is 294 g/mol. The number of ether oxygens (including phenoxy) is 2. The fourth-order valence-electron chi connectivity index (χ4n) is 2.60. The molecule has 23 heavy (non-hydrogen) atoms. The number of carbonyl (C=O) groups is 1. The van der Waals surface area contributed by atoms with Crippen LogP contribution in [0.5, 0.6) is 0 Å². The molecule has 1 unspecified atom stereocenters. The minimum atomic E-state index is -0.454. The van der Waals surface area contributed by atoms with Crippen molar-refractivity contribution in [1.82, 2.24) is 9.97 Å². The molecule has 1 aliphatic rings. The van der Waals surface area contributed by atoms with Crippen LogP contribution in [-0.2, 0) is 9.47 Å². The maximum absolute atomic E-state index is 11.7. The van der Waals surface area contributed by atoms with Gasteiger partial charge in [-0.15, -0.1) is 0 Å². The van der Waals surface area contributed by atoms with Crippen LogP contribution in [0.25, 0.3) is 0 Å². The Hall–Kier alpha value is -2.47. The molecule has 120 valence electrons. The zero-order valence-corrected chi connectivity index (χ0v) is 13.2. The number of esters is 1. The van der Waals surface area contributed by atoms with Gasteiger partial charge in [0.1, 0.15) is 6.10 Å². The summed E-state index contributed by atoms with van der Waals surface area (Å²) in [7, 11) is 1.35. The van der Waals surface area contributed by atoms with E-state index in [-0.39, 0.29) is 11.8 Å². The Kier molecular flexibility index (Phi) is 4.52. The van der Waals surface area contributed by atoms with E-state index in [4.69, 9.17) is 9.47 Å². The lowest BCUT2D eigenvalue weighted by atomic mass is 10.1. The highest BCUT2D eigenvalue weighted by molar-refractivity contribution is 5.87. The largest absolute Gasteiger partial charge is 0.464 e. The summed E-state index contributed by atoms with van der Waals surface area (Å²) in [6, 6.07) is 11.7. The Morgan fingerprint density at radius 2 is 2.09 bits per heavy atom. The maximum atomic E-state index is 11.7. The van der Waals surface area contributed by atoms with Crippen LogP contribution in [0.15, 0.2) is 36.4 Å². The molecule has 1 atom stereocenters. The molecule has 1 fully saturated rings. The normalized spacial score (nSPS) is 17.8. The molecule has 1 aromatic heterocycles. The number of hydrogen-bond acceptors (Lipinski definition) is 6. The first kappa shape index (κ1) is 15.4. The van der Waals surface area contributed by atoms with Gasteiger partial charge in [-0.2, -0.15) is 0 Å². The van der Waals surface area contributed by atoms with E-state index in [1.54, 1.807) is 6.07 Å². The van der Waals surface area contributed by atoms with Crippen molar-refractivity contribution in [3.8, 4) is 0 Å². The topological polar surface area (TPSA) is 64.5 Å². The van der Waals surface area contributed by atoms with Crippen LogP contribution < -0.4 is 4.90 Å². The van der Waals surface area contributed by atoms with Crippen LogP contribution in [0.3, 0.4) is 0 Å². The van der Waals surface area contributed by atoms with Crippen molar-refractivity contribution in [1.29, 1.82) is 0 Å². The third-order valence-electron chi connectivity index (χ3n) is 3.76. The number of rotatable bonds is 3. The van der Waals surface area contributed by atoms with E-state index in [0.717, 1.165) is 11.3 Å². The molecule has 0 aliphatic carbocycles. The summed E-state index contributed by atoms with van der Waals surface area (Å²) in [5, 5.41) is 0. The third-order valence-corrected chi connectivity index (χ3v) is 3.76. The van der Waals surface area contributed by atoms with Gasteiger partial charge >= 0.3 is 5.97 Å². The van der Waals surface area contributed by atoms with Crippen LogP contribution >= 0.6 is 0 Å². The number of anilines is 1. The van der Waals surface area contributed by atoms with Crippen LogP contribution in [0.4, 0.5) is 5.95 Å². The van der Waals surface area contributed by atoms with Crippen molar-refractivity contribution in [2.24, 2.45) is 0 Å². The molecule has 0 saturated carbocycles. The molecule has 1 aromatic carbocycles. The lowest BCUT2D eigenvalue weighted by molar-refractivity contribution is 0.0392. The smallest absolute Gasteiger partial charge is 0.356 e. The van der Waals surface area contributed by atoms with Crippen molar-refractivity contribution in [2.45, 2.75) is 13.0 Å². The SMILES string of the molecule is COC(=O)c1cc(C)nc(N2CCOC(c3ccccc3)C2)n1. The van der Waals surface area contributed by atoms with Crippen molar-refractivity contribution in [3.63, 3.8) is 0 Å². The minimum Gasteiger partial charge on any atom is -0.464 e. The van der Waals surface area contributed by atoms with Crippen LogP contribution in [0.2, 0.25) is 0 Å². The van der Waals surface area contributed by atoms with E-state index >= 15 is 0 Å². The summed E-state index contributed by atoms with van der Waals surface area (Å²) in [4.78, 5) is 22.6. The highest BCUT2D eigenvalue weighted by Gasteiger charge is 2.24. The van der Waals surface area contributed by atoms with Crippen molar-refractivity contribution < 1.29 is 14.3 Å². The van der Waals surface area contributed by atoms with Gasteiger partial charge in [-0.3, -0.25) is 0 Å². The lowest BCUT2D eigenvalue weighted by Gasteiger charge is -2.33. The molecule has 2 heterocycles. The summed E-state index contributed by atoms with van der Waals surface area (Å²) in [6.45, 7) is 3.76. The first-order chi connectivity index (χ1) is 11.2. The second-order valence-corrected chi connectivity index (χ2v) is 5.40. The minimum absolute atomic E-state index is 0.0318. The van der Waals surface area contributed by atoms with Gasteiger partial charge in [-0.05, 0) is 18.6 Å². The predicted molar refractivity (Wildman–Crippen MR) is 85.5 cm³/mol. The van der Waals surface area contributed by atoms with E-state index in [1.807, 2.05) is 42.2 Å². The summed E-state index contributed by atoms with van der Waals surface area (Å²) in [5.41, 5.74) is 2.13. The van der Waals surface area contributed by atoms with Gasteiger partial charge in [0.15, 0.2) is 5.69 Å². The van der Waals surface area contributed by atoms with Crippen LogP contribution in [0.1, 0.15) is 27.8 Å². The average Bonchev–Trinajstić information content (AvgIpc) is 2.61. The zero-order chi connectivity index (χ0) is 16.2. The summed E-state index contributed by atoms with van der Waals surface area (Å²) < 4.78 is 10.6. The van der Waals surface area contributed by atoms with Crippen LogP contribution in [0, 0.1) is 6.92 Å². The monoisotopic (exact) mass is 313 g/mol. The maximum Gasteiger partial charge on any atom is 0.356 e. The van der Waals surface area contributed by atoms with Gasteiger partial charge in [0.25, 0.3) is 0 Å². The highest BCUT2D eigenvalue weighted by atomic mass is 16.5. The van der Waals surface area contributed by atoms with E-state index in [9.17, 15) is 4.79 Å². The number of aryl methyl sites for hydroxylation is 1. The number of morpholine rings is 1. The molecule has 0 bridgehead atoms. The second-order valence-electron chi connectivity index (χ2n) is 5.40. The van der Waals surface area contributed by atoms with E-state index in [1.165, 1.54) is 7.11 Å². The molecule has 0 radical (unpaired) electrons. The number of nitrogens with zero attached hydrogens (tertiary/aromatic N) is 3. The Morgan fingerprint density at radius 1 is 1.30 bits per heavy atom. The molecule has 0 spiro atoms. The van der Waals surface area contributed by atoms with E-state index in [0.29, 0.717) is 25.6 Å². The molecule has 1 aliphatic heterocycles. The number of carbonyl (C=O) groups excluding carboxylic acids is 1. The molecular formula is C17H19N3O3. The molecule has 6 heteroatoms. The van der Waals surface area contributed by atoms with Crippen molar-refractivity contribution in [3.05, 3.63) is 53.3 Å². The van der Waals surface area contributed by atoms with Crippen molar-refractivity contribution in [2.75, 3.05) is 31.7 Å². The number of hydrogen-bond donors (Lipinski definition) is 0. The summed E-state index contributed by atoms with van der Waals surface area (Å²) >= 11 is 0. The molecule has 0 amide bonds. The Bertz CT molecular complexity index is 691. The van der Waals surface area contributed by atoms with Gasteiger partial charge in [-0.1, -0.05) is 30.3 Å². The lowest BCUT2D eigenvalue weighted by Crippen LogP contribution is -2.39. The Labute approximate surface area is 135 Å². The fourth-order valence-corrected chi connectivity index (χ4v) is 2.60. The molecule has 1 saturated heterocycles. The third kappa shape index (κ3) is 3.48. The first-order valence-electron chi connectivity index (χ1n) is 7.53. The van der Waals surface area contributed by atoms with E-state index < -0.39 is 5.97 Å². The first-order valence-corrected chi connectivity index (χ1v) is 7.53.